The van der Waals surface area contributed by atoms with Crippen LogP contribution in [0.3, 0.4) is 0 Å². The van der Waals surface area contributed by atoms with Gasteiger partial charge in [-0.2, -0.15) is 0 Å². The maximum atomic E-state index is 6.07. The van der Waals surface area contributed by atoms with Crippen LogP contribution < -0.4 is 0 Å². The number of ether oxygens (including phenoxy) is 1. The Morgan fingerprint density at radius 2 is 0.905 bits per heavy atom. The van der Waals surface area contributed by atoms with E-state index in [2.05, 4.69) is 0 Å². The molecule has 0 aromatic heterocycles. The summed E-state index contributed by atoms with van der Waals surface area (Å²) >= 11 is 0. The topological polar surface area (TPSA) is 55.4 Å². The van der Waals surface area contributed by atoms with Gasteiger partial charge in [0.1, 0.15) is 0 Å². The SMILES string of the molecule is CCOC[Si](OCC)(OCC)[Si](OCC)(OCC)OCC. The Hall–Kier alpha value is 0.194. The van der Waals surface area contributed by atoms with Crippen molar-refractivity contribution in [1.29, 1.82) is 0 Å². The van der Waals surface area contributed by atoms with Gasteiger partial charge in [-0.1, -0.05) is 0 Å². The number of hydrogen-bond acceptors (Lipinski definition) is 6. The van der Waals surface area contributed by atoms with Crippen LogP contribution in [0.25, 0.3) is 0 Å². The summed E-state index contributed by atoms with van der Waals surface area (Å²) in [6.07, 6.45) is 0.359. The first-order chi connectivity index (χ1) is 10.1. The second-order valence-electron chi connectivity index (χ2n) is 4.11. The van der Waals surface area contributed by atoms with Crippen molar-refractivity contribution in [3.63, 3.8) is 0 Å². The largest absolute Gasteiger partial charge is 0.541 e. The summed E-state index contributed by atoms with van der Waals surface area (Å²) in [5, 5.41) is 0. The van der Waals surface area contributed by atoms with Gasteiger partial charge in [0.25, 0.3) is 0 Å². The van der Waals surface area contributed by atoms with E-state index in [-0.39, 0.29) is 0 Å². The predicted molar refractivity (Wildman–Crippen MR) is 86.1 cm³/mol. The molecule has 0 spiro atoms. The molecule has 128 valence electrons. The van der Waals surface area contributed by atoms with E-state index in [1.807, 2.05) is 41.5 Å². The van der Waals surface area contributed by atoms with E-state index >= 15 is 0 Å². The summed E-state index contributed by atoms with van der Waals surface area (Å²) in [5.74, 6) is 0. The molecule has 21 heavy (non-hydrogen) atoms. The van der Waals surface area contributed by atoms with E-state index in [1.165, 1.54) is 0 Å². The van der Waals surface area contributed by atoms with Crippen molar-refractivity contribution >= 4 is 16.4 Å². The molecule has 0 saturated carbocycles. The average Bonchev–Trinajstić information content (AvgIpc) is 2.46. The molecule has 0 unspecified atom stereocenters. The fraction of sp³-hybridized carbons (Fsp3) is 1.00. The van der Waals surface area contributed by atoms with Crippen molar-refractivity contribution in [1.82, 2.24) is 0 Å². The Labute approximate surface area is 131 Å². The molecule has 0 heterocycles. The normalized spacial score (nSPS) is 12.9. The first-order valence-electron chi connectivity index (χ1n) is 7.89. The van der Waals surface area contributed by atoms with Crippen molar-refractivity contribution < 1.29 is 26.9 Å². The molecule has 0 saturated heterocycles. The molecule has 0 bridgehead atoms. The van der Waals surface area contributed by atoms with Crippen LogP contribution >= 0.6 is 0 Å². The molecule has 0 N–H and O–H groups in total. The molecule has 0 amide bonds. The Kier molecular flexibility index (Phi) is 11.8. The van der Waals surface area contributed by atoms with Gasteiger partial charge in [0, 0.05) is 39.6 Å². The van der Waals surface area contributed by atoms with Gasteiger partial charge in [-0.05, 0) is 41.5 Å². The highest BCUT2D eigenvalue weighted by atomic mass is 29.3. The monoisotopic (exact) mass is 340 g/mol. The van der Waals surface area contributed by atoms with Gasteiger partial charge in [-0.25, -0.2) is 0 Å². The standard InChI is InChI=1S/C13H32O6Si2/c1-7-14-13-20(15-8-2,16-9-3)21(17-10-4,18-11-5)19-12-6/h7-13H2,1-6H3. The molecule has 0 aromatic rings. The summed E-state index contributed by atoms with van der Waals surface area (Å²) in [5.41, 5.74) is 0. The zero-order chi connectivity index (χ0) is 16.2. The van der Waals surface area contributed by atoms with Gasteiger partial charge in [0.2, 0.25) is 0 Å². The number of rotatable bonds is 14. The summed E-state index contributed by atoms with van der Waals surface area (Å²) in [6.45, 7) is 14.7. The van der Waals surface area contributed by atoms with E-state index in [9.17, 15) is 0 Å². The number of hydrogen-bond donors (Lipinski definition) is 0. The second-order valence-corrected chi connectivity index (χ2v) is 12.6. The van der Waals surface area contributed by atoms with Crippen LogP contribution in [0.5, 0.6) is 0 Å². The highest BCUT2D eigenvalue weighted by Crippen LogP contribution is 2.27. The summed E-state index contributed by atoms with van der Waals surface area (Å²) < 4.78 is 35.8. The summed E-state index contributed by atoms with van der Waals surface area (Å²) in [4.78, 5) is 0. The summed E-state index contributed by atoms with van der Waals surface area (Å²) in [7, 11) is -5.99. The fourth-order valence-corrected chi connectivity index (χ4v) is 12.4. The van der Waals surface area contributed by atoms with E-state index in [1.54, 1.807) is 0 Å². The Balaban J connectivity index is 5.65. The van der Waals surface area contributed by atoms with E-state index in [0.717, 1.165) is 0 Å². The van der Waals surface area contributed by atoms with Gasteiger partial charge >= 0.3 is 16.4 Å². The molecule has 0 atom stereocenters. The van der Waals surface area contributed by atoms with Gasteiger partial charge in [0.05, 0.1) is 6.23 Å². The van der Waals surface area contributed by atoms with Gasteiger partial charge in [-0.15, -0.1) is 0 Å². The van der Waals surface area contributed by atoms with Crippen molar-refractivity contribution in [2.45, 2.75) is 41.5 Å². The second kappa shape index (κ2) is 11.7. The van der Waals surface area contributed by atoms with E-state index in [0.29, 0.717) is 45.9 Å². The maximum absolute atomic E-state index is 6.07. The lowest BCUT2D eigenvalue weighted by atomic mass is 10.9. The lowest BCUT2D eigenvalue weighted by Crippen LogP contribution is -2.74. The van der Waals surface area contributed by atoms with Gasteiger partial charge < -0.3 is 26.9 Å². The molecule has 0 rings (SSSR count). The van der Waals surface area contributed by atoms with Crippen molar-refractivity contribution in [2.24, 2.45) is 0 Å². The third kappa shape index (κ3) is 5.72. The average molecular weight is 341 g/mol. The van der Waals surface area contributed by atoms with Crippen LogP contribution in [0, 0.1) is 0 Å². The minimum atomic E-state index is -3.08. The van der Waals surface area contributed by atoms with Gasteiger partial charge in [-0.3, -0.25) is 0 Å². The third-order valence-electron chi connectivity index (χ3n) is 2.72. The first-order valence-corrected chi connectivity index (χ1v) is 12.6. The first kappa shape index (κ1) is 21.2. The maximum Gasteiger partial charge on any atom is 0.541 e. The molecule has 6 nitrogen and oxygen atoms in total. The molecule has 0 aliphatic carbocycles. The zero-order valence-corrected chi connectivity index (χ0v) is 16.4. The molecule has 0 fully saturated rings. The van der Waals surface area contributed by atoms with Crippen LogP contribution in [0.1, 0.15) is 41.5 Å². The molecule has 0 aliphatic heterocycles. The van der Waals surface area contributed by atoms with Crippen LogP contribution in [-0.4, -0.2) is 62.3 Å². The fourth-order valence-electron chi connectivity index (χ4n) is 2.12. The minimum Gasteiger partial charge on any atom is -0.391 e. The van der Waals surface area contributed by atoms with E-state index in [4.69, 9.17) is 26.9 Å². The smallest absolute Gasteiger partial charge is 0.391 e. The lowest BCUT2D eigenvalue weighted by Gasteiger charge is -2.41. The van der Waals surface area contributed by atoms with Crippen LogP contribution in [0.15, 0.2) is 0 Å². The van der Waals surface area contributed by atoms with Crippen molar-refractivity contribution in [3.05, 3.63) is 0 Å². The summed E-state index contributed by atoms with van der Waals surface area (Å²) in [6, 6.07) is 0. The van der Waals surface area contributed by atoms with Crippen LogP contribution in [0.4, 0.5) is 0 Å². The van der Waals surface area contributed by atoms with Crippen LogP contribution in [0.2, 0.25) is 0 Å². The highest BCUT2D eigenvalue weighted by molar-refractivity contribution is 7.29. The highest BCUT2D eigenvalue weighted by Gasteiger charge is 2.68. The quantitative estimate of drug-likeness (QED) is 0.452. The van der Waals surface area contributed by atoms with Crippen LogP contribution in [-0.2, 0) is 26.9 Å². The molecule has 0 radical (unpaired) electrons. The van der Waals surface area contributed by atoms with E-state index < -0.39 is 16.4 Å². The Bertz CT molecular complexity index is 232. The molecule has 0 aromatic carbocycles. The Morgan fingerprint density at radius 1 is 0.524 bits per heavy atom. The van der Waals surface area contributed by atoms with Gasteiger partial charge in [0.15, 0.2) is 0 Å². The lowest BCUT2D eigenvalue weighted by molar-refractivity contribution is 0.0500. The molecular weight excluding hydrogens is 308 g/mol. The van der Waals surface area contributed by atoms with Crippen molar-refractivity contribution in [3.8, 4) is 0 Å². The minimum absolute atomic E-state index is 0.359. The molecular formula is C13H32O6Si2. The predicted octanol–water partition coefficient (Wildman–Crippen LogP) is 2.20. The molecule has 0 aliphatic rings. The zero-order valence-electron chi connectivity index (χ0n) is 14.4. The Morgan fingerprint density at radius 3 is 1.19 bits per heavy atom. The van der Waals surface area contributed by atoms with Crippen molar-refractivity contribution in [2.75, 3.05) is 45.9 Å². The third-order valence-corrected chi connectivity index (χ3v) is 13.2. The molecule has 8 heteroatoms.